The average Bonchev–Trinajstić information content (AvgIpc) is 3.04. The standard InChI is InChI=1S/C23H20NO3P/c25-22-16-21(23(26)24(22)17-18-10-4-1-5-11-18)28(27,19-12-6-2-7-13-19)20-14-8-3-9-15-20/h1-15,21H,16-17H2. The van der Waals surface area contributed by atoms with Gasteiger partial charge in [-0.15, -0.1) is 0 Å². The Morgan fingerprint density at radius 2 is 1.21 bits per heavy atom. The van der Waals surface area contributed by atoms with E-state index in [0.29, 0.717) is 10.6 Å². The van der Waals surface area contributed by atoms with Crippen molar-refractivity contribution in [3.63, 3.8) is 0 Å². The van der Waals surface area contributed by atoms with E-state index in [4.69, 9.17) is 0 Å². The molecule has 0 N–H and O–H groups in total. The van der Waals surface area contributed by atoms with Crippen LogP contribution in [0.5, 0.6) is 0 Å². The zero-order valence-corrected chi connectivity index (χ0v) is 16.2. The molecule has 1 unspecified atom stereocenters. The molecule has 140 valence electrons. The summed E-state index contributed by atoms with van der Waals surface area (Å²) >= 11 is 0. The molecule has 0 aromatic heterocycles. The van der Waals surface area contributed by atoms with Crippen LogP contribution in [0.25, 0.3) is 0 Å². The normalized spacial score (nSPS) is 17.1. The van der Waals surface area contributed by atoms with Crippen LogP contribution in [0.15, 0.2) is 91.0 Å². The van der Waals surface area contributed by atoms with E-state index in [-0.39, 0.29) is 24.8 Å². The van der Waals surface area contributed by atoms with Crippen LogP contribution in [0.3, 0.4) is 0 Å². The fourth-order valence-corrected chi connectivity index (χ4v) is 6.80. The number of carbonyl (C=O) groups is 2. The first-order valence-electron chi connectivity index (χ1n) is 9.20. The summed E-state index contributed by atoms with van der Waals surface area (Å²) in [6.07, 6.45) is -0.0350. The zero-order chi connectivity index (χ0) is 19.6. The molecule has 2 amide bonds. The van der Waals surface area contributed by atoms with Gasteiger partial charge in [-0.2, -0.15) is 0 Å². The third kappa shape index (κ3) is 3.21. The number of benzene rings is 3. The van der Waals surface area contributed by atoms with Crippen LogP contribution in [0.1, 0.15) is 12.0 Å². The monoisotopic (exact) mass is 389 g/mol. The molecule has 3 aromatic rings. The maximum Gasteiger partial charge on any atom is 0.241 e. The van der Waals surface area contributed by atoms with E-state index in [0.717, 1.165) is 5.56 Å². The van der Waals surface area contributed by atoms with Gasteiger partial charge in [0.25, 0.3) is 0 Å². The van der Waals surface area contributed by atoms with Crippen molar-refractivity contribution in [2.75, 3.05) is 0 Å². The number of rotatable bonds is 5. The Hall–Kier alpha value is -2.97. The minimum Gasteiger partial charge on any atom is -0.313 e. The second kappa shape index (κ2) is 7.57. The van der Waals surface area contributed by atoms with Crippen molar-refractivity contribution in [3.8, 4) is 0 Å². The van der Waals surface area contributed by atoms with Gasteiger partial charge in [-0.3, -0.25) is 14.5 Å². The summed E-state index contributed by atoms with van der Waals surface area (Å²) in [5.74, 6) is -0.629. The van der Waals surface area contributed by atoms with Gasteiger partial charge in [0.1, 0.15) is 5.66 Å². The molecular formula is C23H20NO3P. The van der Waals surface area contributed by atoms with Gasteiger partial charge in [0.2, 0.25) is 11.8 Å². The summed E-state index contributed by atoms with van der Waals surface area (Å²) in [5.41, 5.74) is 0.00705. The summed E-state index contributed by atoms with van der Waals surface area (Å²) in [5, 5.41) is 1.21. The second-order valence-corrected chi connectivity index (χ2v) is 9.82. The molecular weight excluding hydrogens is 369 g/mol. The Kier molecular flexibility index (Phi) is 4.97. The van der Waals surface area contributed by atoms with E-state index in [1.165, 1.54) is 4.90 Å². The van der Waals surface area contributed by atoms with Crippen LogP contribution in [0, 0.1) is 0 Å². The van der Waals surface area contributed by atoms with E-state index >= 15 is 0 Å². The molecule has 0 radical (unpaired) electrons. The summed E-state index contributed by atoms with van der Waals surface area (Å²) in [7, 11) is -3.32. The first kappa shape index (κ1) is 18.4. The molecule has 3 aromatic carbocycles. The highest BCUT2D eigenvalue weighted by Gasteiger charge is 2.50. The van der Waals surface area contributed by atoms with Crippen LogP contribution in [0.2, 0.25) is 0 Å². The molecule has 0 aliphatic carbocycles. The van der Waals surface area contributed by atoms with Gasteiger partial charge in [0.15, 0.2) is 7.14 Å². The Morgan fingerprint density at radius 3 is 1.71 bits per heavy atom. The van der Waals surface area contributed by atoms with Crippen molar-refractivity contribution in [3.05, 3.63) is 96.6 Å². The van der Waals surface area contributed by atoms with E-state index in [2.05, 4.69) is 0 Å². The van der Waals surface area contributed by atoms with Crippen LogP contribution >= 0.6 is 7.14 Å². The molecule has 5 heteroatoms. The van der Waals surface area contributed by atoms with Crippen molar-refractivity contribution >= 4 is 29.6 Å². The van der Waals surface area contributed by atoms with Gasteiger partial charge in [-0.25, -0.2) is 0 Å². The fraction of sp³-hybridized carbons (Fsp3) is 0.130. The summed E-state index contributed by atoms with van der Waals surface area (Å²) in [4.78, 5) is 27.2. The Bertz CT molecular complexity index is 992. The Morgan fingerprint density at radius 1 is 0.750 bits per heavy atom. The molecule has 28 heavy (non-hydrogen) atoms. The molecule has 1 aliphatic rings. The first-order chi connectivity index (χ1) is 13.6. The van der Waals surface area contributed by atoms with Crippen molar-refractivity contribution in [1.82, 2.24) is 4.90 Å². The maximum atomic E-state index is 14.4. The highest BCUT2D eigenvalue weighted by molar-refractivity contribution is 7.80. The topological polar surface area (TPSA) is 54.5 Å². The summed E-state index contributed by atoms with van der Waals surface area (Å²) in [6, 6.07) is 27.5. The van der Waals surface area contributed by atoms with Crippen LogP contribution in [-0.2, 0) is 20.7 Å². The summed E-state index contributed by atoms with van der Waals surface area (Å²) < 4.78 is 14.4. The minimum atomic E-state index is -3.32. The molecule has 1 atom stereocenters. The third-order valence-corrected chi connectivity index (χ3v) is 8.53. The van der Waals surface area contributed by atoms with E-state index in [1.807, 2.05) is 66.7 Å². The Balaban J connectivity index is 1.75. The number of hydrogen-bond donors (Lipinski definition) is 0. The number of hydrogen-bond acceptors (Lipinski definition) is 3. The largest absolute Gasteiger partial charge is 0.313 e. The zero-order valence-electron chi connectivity index (χ0n) is 15.3. The smallest absolute Gasteiger partial charge is 0.241 e. The Labute approximate surface area is 164 Å². The quantitative estimate of drug-likeness (QED) is 0.497. The van der Waals surface area contributed by atoms with Crippen LogP contribution in [-0.4, -0.2) is 22.4 Å². The SMILES string of the molecule is O=C1CC(P(=O)(c2ccccc2)c2ccccc2)C(=O)N1Cc1ccccc1. The van der Waals surface area contributed by atoms with Crippen LogP contribution < -0.4 is 10.6 Å². The van der Waals surface area contributed by atoms with E-state index < -0.39 is 12.8 Å². The van der Waals surface area contributed by atoms with E-state index in [9.17, 15) is 14.2 Å². The average molecular weight is 389 g/mol. The predicted octanol–water partition coefficient (Wildman–Crippen LogP) is 3.33. The number of imide groups is 1. The lowest BCUT2D eigenvalue weighted by Crippen LogP contribution is -2.35. The molecule has 4 rings (SSSR count). The van der Waals surface area contributed by atoms with Crippen LogP contribution in [0.4, 0.5) is 0 Å². The van der Waals surface area contributed by atoms with E-state index in [1.54, 1.807) is 24.3 Å². The lowest BCUT2D eigenvalue weighted by molar-refractivity contribution is -0.138. The molecule has 4 nitrogen and oxygen atoms in total. The lowest BCUT2D eigenvalue weighted by Gasteiger charge is -2.24. The molecule has 1 aliphatic heterocycles. The molecule has 0 bridgehead atoms. The van der Waals surface area contributed by atoms with Gasteiger partial charge in [-0.05, 0) is 5.56 Å². The van der Waals surface area contributed by atoms with Crippen molar-refractivity contribution < 1.29 is 14.2 Å². The molecule has 1 saturated heterocycles. The predicted molar refractivity (Wildman–Crippen MR) is 110 cm³/mol. The lowest BCUT2D eigenvalue weighted by atomic mass is 10.2. The number of likely N-dealkylation sites (tertiary alicyclic amines) is 1. The highest BCUT2D eigenvalue weighted by Crippen LogP contribution is 2.52. The highest BCUT2D eigenvalue weighted by atomic mass is 31.2. The van der Waals surface area contributed by atoms with Crippen molar-refractivity contribution in [2.45, 2.75) is 18.6 Å². The second-order valence-electron chi connectivity index (χ2n) is 6.85. The van der Waals surface area contributed by atoms with Gasteiger partial charge < -0.3 is 4.57 Å². The van der Waals surface area contributed by atoms with Gasteiger partial charge >= 0.3 is 0 Å². The van der Waals surface area contributed by atoms with Gasteiger partial charge in [0, 0.05) is 17.0 Å². The molecule has 0 spiro atoms. The fourth-order valence-electron chi connectivity index (χ4n) is 3.69. The van der Waals surface area contributed by atoms with Crippen molar-refractivity contribution in [1.29, 1.82) is 0 Å². The number of carbonyl (C=O) groups excluding carboxylic acids is 2. The molecule has 0 saturated carbocycles. The third-order valence-electron chi connectivity index (χ3n) is 5.12. The first-order valence-corrected chi connectivity index (χ1v) is 11.0. The molecule has 1 fully saturated rings. The maximum absolute atomic E-state index is 14.4. The summed E-state index contributed by atoms with van der Waals surface area (Å²) in [6.45, 7) is 0.207. The number of amides is 2. The van der Waals surface area contributed by atoms with Gasteiger partial charge in [0.05, 0.1) is 6.54 Å². The van der Waals surface area contributed by atoms with Gasteiger partial charge in [-0.1, -0.05) is 91.0 Å². The molecule has 1 heterocycles. The number of nitrogens with zero attached hydrogens (tertiary/aromatic N) is 1. The van der Waals surface area contributed by atoms with Crippen molar-refractivity contribution in [2.24, 2.45) is 0 Å². The minimum absolute atomic E-state index is 0.0350.